The molecule has 0 atom stereocenters. The van der Waals surface area contributed by atoms with Gasteiger partial charge in [-0.2, -0.15) is 0 Å². The van der Waals surface area contributed by atoms with Gasteiger partial charge in [-0.05, 0) is 17.7 Å². The van der Waals surface area contributed by atoms with Crippen LogP contribution >= 0.6 is 11.3 Å². The van der Waals surface area contributed by atoms with Gasteiger partial charge in [0.15, 0.2) is 5.51 Å². The lowest BCUT2D eigenvalue weighted by Crippen LogP contribution is -1.89. The summed E-state index contributed by atoms with van der Waals surface area (Å²) in [7, 11) is 0. The highest BCUT2D eigenvalue weighted by molar-refractivity contribution is 7.12. The van der Waals surface area contributed by atoms with Crippen molar-refractivity contribution >= 4 is 11.3 Å². The van der Waals surface area contributed by atoms with Crippen LogP contribution in [-0.4, -0.2) is 14.5 Å². The summed E-state index contributed by atoms with van der Waals surface area (Å²) in [6.07, 6.45) is 7.32. The van der Waals surface area contributed by atoms with Gasteiger partial charge in [0.25, 0.3) is 0 Å². The lowest BCUT2D eigenvalue weighted by molar-refractivity contribution is 1.06. The maximum absolute atomic E-state index is 4.04. The van der Waals surface area contributed by atoms with E-state index in [2.05, 4.69) is 33.7 Å². The van der Waals surface area contributed by atoms with Crippen molar-refractivity contribution in [3.8, 4) is 16.1 Å². The highest BCUT2D eigenvalue weighted by Crippen LogP contribution is 2.24. The van der Waals surface area contributed by atoms with Crippen molar-refractivity contribution in [2.24, 2.45) is 0 Å². The second-order valence-electron chi connectivity index (χ2n) is 3.34. The molecule has 0 fully saturated rings. The van der Waals surface area contributed by atoms with E-state index in [4.69, 9.17) is 0 Å². The molecule has 0 aliphatic rings. The molecule has 3 aromatic rings. The zero-order valence-electron chi connectivity index (χ0n) is 8.37. The smallest absolute Gasteiger partial charge is 0.152 e. The van der Waals surface area contributed by atoms with Crippen LogP contribution in [-0.2, 0) is 0 Å². The molecule has 77 valence electrons. The second kappa shape index (κ2) is 3.90. The van der Waals surface area contributed by atoms with Crippen molar-refractivity contribution in [1.82, 2.24) is 14.5 Å². The number of benzene rings is 1. The summed E-state index contributed by atoms with van der Waals surface area (Å²) < 4.78 is 1.98. The largest absolute Gasteiger partial charge is 0.306 e. The van der Waals surface area contributed by atoms with E-state index in [0.717, 1.165) is 16.1 Å². The zero-order chi connectivity index (χ0) is 10.8. The van der Waals surface area contributed by atoms with Crippen LogP contribution in [0.15, 0.2) is 49.2 Å². The molecule has 2 aromatic heterocycles. The molecule has 0 bridgehead atoms. The zero-order valence-corrected chi connectivity index (χ0v) is 9.19. The molecular weight excluding hydrogens is 218 g/mol. The summed E-state index contributed by atoms with van der Waals surface area (Å²) in [5, 5.41) is 0. The summed E-state index contributed by atoms with van der Waals surface area (Å²) in [5.74, 6) is 0. The Morgan fingerprint density at radius 2 is 2.31 bits per heavy atom. The molecule has 4 heteroatoms. The minimum Gasteiger partial charge on any atom is -0.306 e. The van der Waals surface area contributed by atoms with Crippen LogP contribution in [0.4, 0.5) is 0 Å². The normalized spacial score (nSPS) is 10.5. The summed E-state index contributed by atoms with van der Waals surface area (Å²) in [6, 6.07) is 8.27. The lowest BCUT2D eigenvalue weighted by atomic mass is 10.2. The SMILES string of the molecule is [c]1ncc(-c2cccc(-n3ccnc3)c2)s1. The van der Waals surface area contributed by atoms with Gasteiger partial charge in [0.05, 0.1) is 11.2 Å². The topological polar surface area (TPSA) is 30.7 Å². The maximum atomic E-state index is 4.04. The quantitative estimate of drug-likeness (QED) is 0.672. The van der Waals surface area contributed by atoms with Crippen molar-refractivity contribution in [2.45, 2.75) is 0 Å². The molecule has 16 heavy (non-hydrogen) atoms. The molecule has 3 rings (SSSR count). The molecule has 0 saturated carbocycles. The molecule has 0 unspecified atom stereocenters. The van der Waals surface area contributed by atoms with Gasteiger partial charge in [-0.25, -0.2) is 9.97 Å². The highest BCUT2D eigenvalue weighted by Gasteiger charge is 2.01. The van der Waals surface area contributed by atoms with E-state index in [-0.39, 0.29) is 0 Å². The fourth-order valence-electron chi connectivity index (χ4n) is 1.55. The Labute approximate surface area is 97.0 Å². The number of thiazole rings is 1. The third-order valence-corrected chi connectivity index (χ3v) is 3.08. The highest BCUT2D eigenvalue weighted by atomic mass is 32.1. The standard InChI is InChI=1S/C12H8N3S/c1-2-10(12-7-14-9-16-12)6-11(3-1)15-5-4-13-8-15/h1-8H. The predicted octanol–water partition coefficient (Wildman–Crippen LogP) is 2.80. The molecule has 3 nitrogen and oxygen atoms in total. The van der Waals surface area contributed by atoms with Gasteiger partial charge in [0.2, 0.25) is 0 Å². The first-order valence-electron chi connectivity index (χ1n) is 4.84. The molecular formula is C12H8N3S. The molecule has 1 aromatic carbocycles. The lowest BCUT2D eigenvalue weighted by Gasteiger charge is -2.03. The first kappa shape index (κ1) is 9.30. The van der Waals surface area contributed by atoms with Gasteiger partial charge in [-0.3, -0.25) is 0 Å². The van der Waals surface area contributed by atoms with Crippen LogP contribution in [0.2, 0.25) is 0 Å². The van der Waals surface area contributed by atoms with Crippen LogP contribution < -0.4 is 0 Å². The Balaban J connectivity index is 2.07. The Morgan fingerprint density at radius 3 is 3.06 bits per heavy atom. The molecule has 2 heterocycles. The Morgan fingerprint density at radius 1 is 1.31 bits per heavy atom. The maximum Gasteiger partial charge on any atom is 0.152 e. The van der Waals surface area contributed by atoms with Crippen LogP contribution in [0, 0.1) is 5.51 Å². The first-order valence-corrected chi connectivity index (χ1v) is 5.66. The molecule has 0 spiro atoms. The van der Waals surface area contributed by atoms with Crippen molar-refractivity contribution in [1.29, 1.82) is 0 Å². The van der Waals surface area contributed by atoms with Crippen molar-refractivity contribution in [3.05, 3.63) is 54.7 Å². The number of nitrogens with zero attached hydrogens (tertiary/aromatic N) is 3. The average Bonchev–Trinajstić information content (AvgIpc) is 3.03. The molecule has 0 aliphatic carbocycles. The molecule has 1 radical (unpaired) electrons. The first-order chi connectivity index (χ1) is 7.93. The second-order valence-corrected chi connectivity index (χ2v) is 4.16. The molecule has 0 N–H and O–H groups in total. The Kier molecular flexibility index (Phi) is 2.27. The van der Waals surface area contributed by atoms with E-state index in [1.54, 1.807) is 12.5 Å². The minimum atomic E-state index is 1.10. The summed E-state index contributed by atoms with van der Waals surface area (Å²) in [6.45, 7) is 0. The Hall–Kier alpha value is -1.94. The van der Waals surface area contributed by atoms with Crippen LogP contribution in [0.5, 0.6) is 0 Å². The van der Waals surface area contributed by atoms with Gasteiger partial charge in [0, 0.05) is 24.3 Å². The number of rotatable bonds is 2. The fraction of sp³-hybridized carbons (Fsp3) is 0. The van der Waals surface area contributed by atoms with E-state index in [1.807, 2.05) is 23.0 Å². The third-order valence-electron chi connectivity index (χ3n) is 2.32. The molecule has 0 aliphatic heterocycles. The number of imidazole rings is 1. The minimum absolute atomic E-state index is 1.10. The van der Waals surface area contributed by atoms with E-state index < -0.39 is 0 Å². The monoisotopic (exact) mass is 226 g/mol. The summed E-state index contributed by atoms with van der Waals surface area (Å²) in [4.78, 5) is 9.13. The van der Waals surface area contributed by atoms with Crippen molar-refractivity contribution in [2.75, 3.05) is 0 Å². The average molecular weight is 226 g/mol. The molecule has 0 amide bonds. The van der Waals surface area contributed by atoms with Gasteiger partial charge in [-0.15, -0.1) is 11.3 Å². The predicted molar refractivity (Wildman–Crippen MR) is 63.5 cm³/mol. The van der Waals surface area contributed by atoms with Crippen LogP contribution in [0.25, 0.3) is 16.1 Å². The van der Waals surface area contributed by atoms with E-state index in [9.17, 15) is 0 Å². The van der Waals surface area contributed by atoms with Crippen LogP contribution in [0.3, 0.4) is 0 Å². The third kappa shape index (κ3) is 1.63. The summed E-state index contributed by atoms with van der Waals surface area (Å²) >= 11 is 1.52. The van der Waals surface area contributed by atoms with Gasteiger partial charge >= 0.3 is 0 Å². The Bertz CT molecular complexity index is 521. The number of aromatic nitrogens is 3. The molecule has 0 saturated heterocycles. The number of hydrogen-bond acceptors (Lipinski definition) is 3. The summed E-state index contributed by atoms with van der Waals surface area (Å²) in [5.41, 5.74) is 5.11. The number of hydrogen-bond donors (Lipinski definition) is 0. The van der Waals surface area contributed by atoms with Crippen molar-refractivity contribution < 1.29 is 0 Å². The fourth-order valence-corrected chi connectivity index (χ4v) is 2.11. The van der Waals surface area contributed by atoms with Gasteiger partial charge in [0.1, 0.15) is 0 Å². The van der Waals surface area contributed by atoms with Crippen LogP contribution in [0.1, 0.15) is 0 Å². The van der Waals surface area contributed by atoms with E-state index in [1.165, 1.54) is 11.3 Å². The van der Waals surface area contributed by atoms with E-state index in [0.29, 0.717) is 0 Å². The van der Waals surface area contributed by atoms with Crippen molar-refractivity contribution in [3.63, 3.8) is 0 Å². The van der Waals surface area contributed by atoms with Gasteiger partial charge < -0.3 is 4.57 Å². The van der Waals surface area contributed by atoms with Gasteiger partial charge in [-0.1, -0.05) is 12.1 Å². The van der Waals surface area contributed by atoms with E-state index >= 15 is 0 Å².